The summed E-state index contributed by atoms with van der Waals surface area (Å²) >= 11 is 0. The second-order valence-electron chi connectivity index (χ2n) is 4.68. The smallest absolute Gasteiger partial charge is 0.125 e. The number of nitrogens with two attached hydrogens (primary N) is 1. The van der Waals surface area contributed by atoms with Crippen LogP contribution in [0.4, 0.5) is 14.5 Å². The molecule has 0 aliphatic heterocycles. The minimum atomic E-state index is -0.279. The summed E-state index contributed by atoms with van der Waals surface area (Å²) in [5.41, 5.74) is 7.80. The van der Waals surface area contributed by atoms with Gasteiger partial charge in [-0.25, -0.2) is 8.78 Å². The maximum Gasteiger partial charge on any atom is 0.125 e. The van der Waals surface area contributed by atoms with Gasteiger partial charge in [-0.05, 0) is 42.8 Å². The van der Waals surface area contributed by atoms with Crippen molar-refractivity contribution in [3.05, 3.63) is 65.7 Å². The first-order chi connectivity index (χ1) is 9.60. The minimum Gasteiger partial charge on any atom is -0.370 e. The topological polar surface area (TPSA) is 29.3 Å². The number of hydrogen-bond acceptors (Lipinski definition) is 2. The molecule has 0 radical (unpaired) electrons. The van der Waals surface area contributed by atoms with Crippen LogP contribution in [0.3, 0.4) is 0 Å². The Labute approximate surface area is 117 Å². The fourth-order valence-corrected chi connectivity index (χ4v) is 2.14. The third kappa shape index (κ3) is 3.54. The predicted molar refractivity (Wildman–Crippen MR) is 77.6 cm³/mol. The SMILES string of the molecule is CCN(CC(N)c1ccc(F)cc1)c1cccc(F)c1. The molecule has 0 aromatic heterocycles. The van der Waals surface area contributed by atoms with Crippen LogP contribution in [0.2, 0.25) is 0 Å². The molecular formula is C16H18F2N2. The first-order valence-corrected chi connectivity index (χ1v) is 6.61. The Bertz CT molecular complexity index is 555. The van der Waals surface area contributed by atoms with E-state index in [2.05, 4.69) is 0 Å². The number of rotatable bonds is 5. The van der Waals surface area contributed by atoms with Gasteiger partial charge in [0.2, 0.25) is 0 Å². The molecule has 2 rings (SSSR count). The maximum atomic E-state index is 13.3. The Balaban J connectivity index is 2.11. The van der Waals surface area contributed by atoms with Crippen LogP contribution in [0.1, 0.15) is 18.5 Å². The number of benzene rings is 2. The molecule has 0 heterocycles. The first kappa shape index (κ1) is 14.5. The second-order valence-corrected chi connectivity index (χ2v) is 4.68. The van der Waals surface area contributed by atoms with E-state index < -0.39 is 0 Å². The van der Waals surface area contributed by atoms with E-state index in [1.807, 2.05) is 17.9 Å². The van der Waals surface area contributed by atoms with Gasteiger partial charge in [-0.1, -0.05) is 18.2 Å². The van der Waals surface area contributed by atoms with E-state index in [9.17, 15) is 8.78 Å². The molecule has 4 heteroatoms. The molecule has 1 atom stereocenters. The lowest BCUT2D eigenvalue weighted by Gasteiger charge is -2.26. The summed E-state index contributed by atoms with van der Waals surface area (Å²) in [5, 5.41) is 0. The highest BCUT2D eigenvalue weighted by molar-refractivity contribution is 5.46. The van der Waals surface area contributed by atoms with Crippen molar-refractivity contribution in [2.45, 2.75) is 13.0 Å². The largest absolute Gasteiger partial charge is 0.370 e. The average molecular weight is 276 g/mol. The van der Waals surface area contributed by atoms with Crippen molar-refractivity contribution in [1.29, 1.82) is 0 Å². The van der Waals surface area contributed by atoms with Gasteiger partial charge in [-0.3, -0.25) is 0 Å². The van der Waals surface area contributed by atoms with Gasteiger partial charge in [0.1, 0.15) is 11.6 Å². The van der Waals surface area contributed by atoms with Gasteiger partial charge in [0.15, 0.2) is 0 Å². The fraction of sp³-hybridized carbons (Fsp3) is 0.250. The average Bonchev–Trinajstić information content (AvgIpc) is 2.45. The molecule has 0 fully saturated rings. The third-order valence-electron chi connectivity index (χ3n) is 3.27. The van der Waals surface area contributed by atoms with E-state index in [0.29, 0.717) is 6.54 Å². The Morgan fingerprint density at radius 2 is 1.75 bits per heavy atom. The normalized spacial score (nSPS) is 12.2. The summed E-state index contributed by atoms with van der Waals surface area (Å²) in [4.78, 5) is 2.00. The molecule has 0 bridgehead atoms. The lowest BCUT2D eigenvalue weighted by atomic mass is 10.1. The van der Waals surface area contributed by atoms with Gasteiger partial charge in [-0.2, -0.15) is 0 Å². The Kier molecular flexibility index (Phi) is 4.69. The Hall–Kier alpha value is -1.94. The van der Waals surface area contributed by atoms with Crippen molar-refractivity contribution in [2.24, 2.45) is 5.73 Å². The highest BCUT2D eigenvalue weighted by atomic mass is 19.1. The van der Waals surface area contributed by atoms with Crippen molar-refractivity contribution in [2.75, 3.05) is 18.0 Å². The van der Waals surface area contributed by atoms with Crippen LogP contribution < -0.4 is 10.6 Å². The molecule has 0 aliphatic carbocycles. The van der Waals surface area contributed by atoms with E-state index in [-0.39, 0.29) is 17.7 Å². The molecule has 0 spiro atoms. The second kappa shape index (κ2) is 6.48. The molecular weight excluding hydrogens is 258 g/mol. The molecule has 106 valence electrons. The van der Waals surface area contributed by atoms with E-state index >= 15 is 0 Å². The van der Waals surface area contributed by atoms with Gasteiger partial charge in [0.25, 0.3) is 0 Å². The van der Waals surface area contributed by atoms with Gasteiger partial charge in [0.05, 0.1) is 0 Å². The molecule has 0 saturated heterocycles. The van der Waals surface area contributed by atoms with E-state index in [1.165, 1.54) is 24.3 Å². The summed E-state index contributed by atoms with van der Waals surface area (Å²) < 4.78 is 26.2. The summed E-state index contributed by atoms with van der Waals surface area (Å²) in [6.45, 7) is 3.26. The summed E-state index contributed by atoms with van der Waals surface area (Å²) in [5.74, 6) is -0.547. The van der Waals surface area contributed by atoms with E-state index in [4.69, 9.17) is 5.73 Å². The molecule has 0 saturated carbocycles. The molecule has 2 aromatic carbocycles. The van der Waals surface area contributed by atoms with Crippen LogP contribution >= 0.6 is 0 Å². The summed E-state index contributed by atoms with van der Waals surface area (Å²) in [7, 11) is 0. The van der Waals surface area contributed by atoms with Crippen molar-refractivity contribution in [3.8, 4) is 0 Å². The lowest BCUT2D eigenvalue weighted by molar-refractivity contribution is 0.619. The monoisotopic (exact) mass is 276 g/mol. The van der Waals surface area contributed by atoms with Gasteiger partial charge in [0, 0.05) is 24.8 Å². The zero-order valence-corrected chi connectivity index (χ0v) is 11.4. The van der Waals surface area contributed by atoms with Crippen LogP contribution in [-0.2, 0) is 0 Å². The lowest BCUT2D eigenvalue weighted by Crippen LogP contribution is -2.32. The Morgan fingerprint density at radius 1 is 1.05 bits per heavy atom. The zero-order chi connectivity index (χ0) is 14.5. The zero-order valence-electron chi connectivity index (χ0n) is 11.4. The molecule has 20 heavy (non-hydrogen) atoms. The predicted octanol–water partition coefficient (Wildman–Crippen LogP) is 3.49. The number of nitrogens with zero attached hydrogens (tertiary/aromatic N) is 1. The third-order valence-corrected chi connectivity index (χ3v) is 3.27. The number of hydrogen-bond donors (Lipinski definition) is 1. The van der Waals surface area contributed by atoms with Crippen LogP contribution in [0, 0.1) is 11.6 Å². The van der Waals surface area contributed by atoms with E-state index in [0.717, 1.165) is 17.8 Å². The first-order valence-electron chi connectivity index (χ1n) is 6.61. The molecule has 2 nitrogen and oxygen atoms in total. The standard InChI is InChI=1S/C16H18F2N2/c1-2-20(15-5-3-4-14(18)10-15)11-16(19)12-6-8-13(17)9-7-12/h3-10,16H,2,11,19H2,1H3. The summed E-state index contributed by atoms with van der Waals surface area (Å²) in [6.07, 6.45) is 0. The molecule has 2 aromatic rings. The van der Waals surface area contributed by atoms with Crippen molar-refractivity contribution in [3.63, 3.8) is 0 Å². The quantitative estimate of drug-likeness (QED) is 0.905. The molecule has 0 amide bonds. The van der Waals surface area contributed by atoms with Crippen LogP contribution in [0.5, 0.6) is 0 Å². The minimum absolute atomic E-state index is 0.251. The summed E-state index contributed by atoms with van der Waals surface area (Å²) in [6, 6.07) is 12.3. The highest BCUT2D eigenvalue weighted by Gasteiger charge is 2.12. The van der Waals surface area contributed by atoms with E-state index in [1.54, 1.807) is 18.2 Å². The van der Waals surface area contributed by atoms with Crippen LogP contribution in [0.15, 0.2) is 48.5 Å². The number of halogens is 2. The fourth-order valence-electron chi connectivity index (χ4n) is 2.14. The van der Waals surface area contributed by atoms with Gasteiger partial charge >= 0.3 is 0 Å². The van der Waals surface area contributed by atoms with Crippen LogP contribution in [0.25, 0.3) is 0 Å². The molecule has 0 aliphatic rings. The molecule has 1 unspecified atom stereocenters. The van der Waals surface area contributed by atoms with Crippen LogP contribution in [-0.4, -0.2) is 13.1 Å². The highest BCUT2D eigenvalue weighted by Crippen LogP contribution is 2.19. The molecule has 2 N–H and O–H groups in total. The van der Waals surface area contributed by atoms with Gasteiger partial charge in [-0.15, -0.1) is 0 Å². The maximum absolute atomic E-state index is 13.3. The van der Waals surface area contributed by atoms with Crippen molar-refractivity contribution >= 4 is 5.69 Å². The number of anilines is 1. The Morgan fingerprint density at radius 3 is 2.35 bits per heavy atom. The van der Waals surface area contributed by atoms with Gasteiger partial charge < -0.3 is 10.6 Å². The van der Waals surface area contributed by atoms with Crippen molar-refractivity contribution < 1.29 is 8.78 Å². The number of likely N-dealkylation sites (N-methyl/N-ethyl adjacent to an activating group) is 1. The van der Waals surface area contributed by atoms with Crippen molar-refractivity contribution in [1.82, 2.24) is 0 Å².